The number of hydrogen-bond donors (Lipinski definition) is 3. The Hall–Kier alpha value is -4.69. The van der Waals surface area contributed by atoms with Gasteiger partial charge in [0.1, 0.15) is 18.6 Å². The van der Waals surface area contributed by atoms with Crippen molar-refractivity contribution in [3.8, 4) is 11.1 Å². The first-order valence-electron chi connectivity index (χ1n) is 15.3. The molecule has 0 saturated heterocycles. The number of carbonyl (C=O) groups is 4. The van der Waals surface area contributed by atoms with Gasteiger partial charge in [-0.2, -0.15) is 0 Å². The number of nitrogens with two attached hydrogens (primary N) is 1. The van der Waals surface area contributed by atoms with E-state index in [9.17, 15) is 28.8 Å². The number of carboxylic acids is 1. The molecule has 47 heavy (non-hydrogen) atoms. The fourth-order valence-corrected chi connectivity index (χ4v) is 7.43. The SMILES string of the molecule is CC(C)C[C@H](NC(=O)Cc1ccccc1-c1ccccc1)C(=O)[C@@H](C(=O)COP(=O)(c1ccccc1)c1ccccc1)C(N)C(=O)O. The maximum absolute atomic E-state index is 14.3. The van der Waals surface area contributed by atoms with Gasteiger partial charge in [-0.1, -0.05) is 105 Å². The van der Waals surface area contributed by atoms with Gasteiger partial charge in [-0.25, -0.2) is 0 Å². The summed E-state index contributed by atoms with van der Waals surface area (Å²) in [5.74, 6) is -5.82. The van der Waals surface area contributed by atoms with E-state index < -0.39 is 55.4 Å². The second-order valence-corrected chi connectivity index (χ2v) is 14.0. The van der Waals surface area contributed by atoms with Gasteiger partial charge >= 0.3 is 5.97 Å². The van der Waals surface area contributed by atoms with Gasteiger partial charge in [0.05, 0.1) is 12.5 Å². The minimum Gasteiger partial charge on any atom is -0.480 e. The minimum absolute atomic E-state index is 0.0585. The molecule has 0 bridgehead atoms. The molecule has 0 aliphatic rings. The average molecular weight is 655 g/mol. The minimum atomic E-state index is -3.83. The van der Waals surface area contributed by atoms with Crippen molar-refractivity contribution in [2.75, 3.05) is 6.61 Å². The van der Waals surface area contributed by atoms with Crippen molar-refractivity contribution >= 4 is 41.4 Å². The number of carbonyl (C=O) groups excluding carboxylic acids is 3. The Balaban J connectivity index is 1.58. The van der Waals surface area contributed by atoms with E-state index in [0.717, 1.165) is 16.7 Å². The molecule has 3 atom stereocenters. The van der Waals surface area contributed by atoms with Gasteiger partial charge in [-0.15, -0.1) is 0 Å². The molecule has 0 spiro atoms. The Bertz CT molecular complexity index is 1690. The zero-order valence-electron chi connectivity index (χ0n) is 26.3. The van der Waals surface area contributed by atoms with E-state index in [1.54, 1.807) is 60.7 Å². The number of aliphatic carboxylic acids is 1. The molecule has 4 aromatic carbocycles. The van der Waals surface area contributed by atoms with Crippen LogP contribution >= 0.6 is 7.37 Å². The number of rotatable bonds is 16. The van der Waals surface area contributed by atoms with Gasteiger partial charge < -0.3 is 20.7 Å². The Morgan fingerprint density at radius 2 is 1.30 bits per heavy atom. The molecule has 0 radical (unpaired) electrons. The van der Waals surface area contributed by atoms with Crippen LogP contribution in [-0.2, 0) is 34.7 Å². The van der Waals surface area contributed by atoms with Crippen LogP contribution in [0, 0.1) is 11.8 Å². The summed E-state index contributed by atoms with van der Waals surface area (Å²) in [6.07, 6.45) is 0.0748. The van der Waals surface area contributed by atoms with Crippen molar-refractivity contribution in [3.05, 3.63) is 121 Å². The molecule has 4 aromatic rings. The summed E-state index contributed by atoms with van der Waals surface area (Å²) in [7, 11) is -3.83. The van der Waals surface area contributed by atoms with Crippen LogP contribution in [0.1, 0.15) is 25.8 Å². The Morgan fingerprint density at radius 3 is 1.83 bits per heavy atom. The molecule has 4 rings (SSSR count). The number of benzene rings is 4. The van der Waals surface area contributed by atoms with Crippen LogP contribution < -0.4 is 21.7 Å². The molecule has 0 fully saturated rings. The van der Waals surface area contributed by atoms with E-state index >= 15 is 0 Å². The lowest BCUT2D eigenvalue weighted by Gasteiger charge is -2.27. The van der Waals surface area contributed by atoms with Gasteiger partial charge in [-0.05, 0) is 53.3 Å². The third-order valence-corrected chi connectivity index (χ3v) is 10.2. The van der Waals surface area contributed by atoms with Gasteiger partial charge in [0, 0.05) is 10.6 Å². The Labute approximate surface area is 274 Å². The lowest BCUT2D eigenvalue weighted by Crippen LogP contribution is -2.54. The Morgan fingerprint density at radius 1 is 0.787 bits per heavy atom. The number of nitrogens with one attached hydrogen (secondary N) is 1. The van der Waals surface area contributed by atoms with Gasteiger partial charge in [-0.3, -0.25) is 23.7 Å². The van der Waals surface area contributed by atoms with Crippen molar-refractivity contribution in [2.45, 2.75) is 38.8 Å². The Kier molecular flexibility index (Phi) is 12.1. The highest BCUT2D eigenvalue weighted by atomic mass is 31.2. The number of ketones is 2. The molecule has 0 aliphatic carbocycles. The van der Waals surface area contributed by atoms with Crippen molar-refractivity contribution in [1.29, 1.82) is 0 Å². The van der Waals surface area contributed by atoms with Gasteiger partial charge in [0.25, 0.3) is 7.37 Å². The number of hydrogen-bond acceptors (Lipinski definition) is 7. The normalized spacial score (nSPS) is 13.4. The number of amides is 1. The van der Waals surface area contributed by atoms with Crippen molar-refractivity contribution in [3.63, 3.8) is 0 Å². The first kappa shape index (κ1) is 35.2. The highest BCUT2D eigenvalue weighted by Crippen LogP contribution is 2.44. The molecule has 9 nitrogen and oxygen atoms in total. The van der Waals surface area contributed by atoms with Crippen LogP contribution in [0.3, 0.4) is 0 Å². The molecule has 0 heterocycles. The van der Waals surface area contributed by atoms with Crippen molar-refractivity contribution in [1.82, 2.24) is 5.32 Å². The molecular formula is C37H39N2O7P. The molecule has 1 unspecified atom stereocenters. The summed E-state index contributed by atoms with van der Waals surface area (Å²) >= 11 is 0. The maximum atomic E-state index is 14.3. The van der Waals surface area contributed by atoms with Crippen molar-refractivity contribution in [2.24, 2.45) is 17.6 Å². The van der Waals surface area contributed by atoms with Crippen LogP contribution in [0.25, 0.3) is 11.1 Å². The topological polar surface area (TPSA) is 153 Å². The third kappa shape index (κ3) is 8.98. The summed E-state index contributed by atoms with van der Waals surface area (Å²) in [5.41, 5.74) is 8.46. The maximum Gasteiger partial charge on any atom is 0.321 e. The first-order valence-corrected chi connectivity index (χ1v) is 17.0. The summed E-state index contributed by atoms with van der Waals surface area (Å²) < 4.78 is 20.1. The highest BCUT2D eigenvalue weighted by molar-refractivity contribution is 7.74. The predicted molar refractivity (Wildman–Crippen MR) is 182 cm³/mol. The summed E-state index contributed by atoms with van der Waals surface area (Å²) in [4.78, 5) is 53.2. The van der Waals surface area contributed by atoms with E-state index in [1.807, 2.05) is 68.4 Å². The van der Waals surface area contributed by atoms with E-state index in [4.69, 9.17) is 10.3 Å². The fourth-order valence-electron chi connectivity index (χ4n) is 5.40. The van der Waals surface area contributed by atoms with Gasteiger partial charge in [0.15, 0.2) is 11.6 Å². The van der Waals surface area contributed by atoms with E-state index in [1.165, 1.54) is 0 Å². The lowest BCUT2D eigenvalue weighted by atomic mass is 9.84. The van der Waals surface area contributed by atoms with Crippen LogP contribution in [0.2, 0.25) is 0 Å². The number of carboxylic acid groups (broad SMARTS) is 1. The van der Waals surface area contributed by atoms with Crippen LogP contribution in [-0.4, -0.2) is 47.2 Å². The predicted octanol–water partition coefficient (Wildman–Crippen LogP) is 4.54. The molecular weight excluding hydrogens is 615 g/mol. The molecule has 244 valence electrons. The van der Waals surface area contributed by atoms with E-state index in [0.29, 0.717) is 10.6 Å². The summed E-state index contributed by atoms with van der Waals surface area (Å²) in [6.45, 7) is 2.83. The smallest absolute Gasteiger partial charge is 0.321 e. The highest BCUT2D eigenvalue weighted by Gasteiger charge is 2.42. The second-order valence-electron chi connectivity index (χ2n) is 11.7. The quantitative estimate of drug-likeness (QED) is 0.118. The molecule has 0 aromatic heterocycles. The fraction of sp³-hybridized carbons (Fsp3) is 0.243. The monoisotopic (exact) mass is 654 g/mol. The molecule has 4 N–H and O–H groups in total. The average Bonchev–Trinajstić information content (AvgIpc) is 3.08. The van der Waals surface area contributed by atoms with Crippen LogP contribution in [0.5, 0.6) is 0 Å². The van der Waals surface area contributed by atoms with E-state index in [-0.39, 0.29) is 18.8 Å². The molecule has 0 aliphatic heterocycles. The molecule has 1 amide bonds. The summed E-state index contributed by atoms with van der Waals surface area (Å²) in [5, 5.41) is 13.2. The third-order valence-electron chi connectivity index (χ3n) is 7.72. The molecule has 10 heteroatoms. The number of Topliss-reactive ketones (excluding diaryl/α,β-unsaturated/α-hetero) is 2. The second kappa shape index (κ2) is 16.2. The largest absolute Gasteiger partial charge is 0.480 e. The van der Waals surface area contributed by atoms with Crippen molar-refractivity contribution < 1.29 is 33.4 Å². The lowest BCUT2D eigenvalue weighted by molar-refractivity contribution is -0.147. The first-order chi connectivity index (χ1) is 22.5. The standard InChI is InChI=1S/C37H39N2O7P/c1-25(2)22-31(39-33(41)23-27-16-12-13-21-30(27)26-14-6-3-7-15-26)36(42)34(35(38)37(43)44)32(40)24-46-47(45,28-17-8-4-9-18-28)29-19-10-5-11-20-29/h3-21,25,31,34-35H,22-24,38H2,1-2H3,(H,39,41)(H,43,44)/t31-,34-,35?/m0/s1. The molecule has 0 saturated carbocycles. The van der Waals surface area contributed by atoms with Gasteiger partial charge in [0.2, 0.25) is 5.91 Å². The zero-order chi connectivity index (χ0) is 34.0. The summed E-state index contributed by atoms with van der Waals surface area (Å²) in [6, 6.07) is 30.5. The van der Waals surface area contributed by atoms with Crippen LogP contribution in [0.15, 0.2) is 115 Å². The zero-order valence-corrected chi connectivity index (χ0v) is 27.2. The van der Waals surface area contributed by atoms with Crippen LogP contribution in [0.4, 0.5) is 0 Å². The van der Waals surface area contributed by atoms with E-state index in [2.05, 4.69) is 5.32 Å².